The lowest BCUT2D eigenvalue weighted by molar-refractivity contribution is 1.02. The maximum Gasteiger partial charge on any atom is 0.0484 e. The Hall–Kier alpha value is -7.22. The second-order valence-electron chi connectivity index (χ2n) is 15.1. The Bertz CT molecular complexity index is 2670. The van der Waals surface area contributed by atoms with Gasteiger partial charge in [-0.25, -0.2) is 0 Å². The third-order valence-electron chi connectivity index (χ3n) is 11.9. The predicted octanol–water partition coefficient (Wildman–Crippen LogP) is 14.8. The third kappa shape index (κ3) is 5.46. The van der Waals surface area contributed by atoms with Gasteiger partial charge in [0.15, 0.2) is 0 Å². The van der Waals surface area contributed by atoms with Crippen molar-refractivity contribution in [1.29, 1.82) is 0 Å². The highest BCUT2D eigenvalue weighted by Gasteiger charge is 2.25. The van der Waals surface area contributed by atoms with Crippen LogP contribution in [0.15, 0.2) is 182 Å². The average molecular weight is 726 g/mol. The first-order chi connectivity index (χ1) is 28.2. The molecule has 1 heteroatoms. The lowest BCUT2D eigenvalue weighted by Crippen LogP contribution is -2.17. The molecule has 1 nitrogen and oxygen atoms in total. The minimum absolute atomic E-state index is 0.862. The molecule has 0 atom stereocenters. The first kappa shape index (κ1) is 33.1. The summed E-state index contributed by atoms with van der Waals surface area (Å²) in [5, 5.41) is 0. The van der Waals surface area contributed by atoms with Crippen molar-refractivity contribution in [3.63, 3.8) is 0 Å². The van der Waals surface area contributed by atoms with Crippen LogP contribution in [0.5, 0.6) is 0 Å². The monoisotopic (exact) mass is 725 g/mol. The number of benzene rings is 8. The number of hydrogen-bond acceptors (Lipinski definition) is 1. The van der Waals surface area contributed by atoms with Gasteiger partial charge < -0.3 is 4.90 Å². The molecule has 0 saturated carbocycles. The lowest BCUT2D eigenvalue weighted by Gasteiger charge is -2.26. The average Bonchev–Trinajstić information content (AvgIpc) is 3.56. The molecule has 0 spiro atoms. The Morgan fingerprint density at radius 2 is 0.596 bits per heavy atom. The number of rotatable bonds is 3. The van der Waals surface area contributed by atoms with E-state index in [0.717, 1.165) is 6.54 Å². The van der Waals surface area contributed by atoms with Crippen LogP contribution in [0, 0.1) is 0 Å². The van der Waals surface area contributed by atoms with Gasteiger partial charge in [0.05, 0.1) is 0 Å². The molecule has 0 N–H and O–H groups in total. The van der Waals surface area contributed by atoms with E-state index >= 15 is 0 Å². The van der Waals surface area contributed by atoms with Crippen molar-refractivity contribution < 1.29 is 0 Å². The molecule has 8 aromatic carbocycles. The molecule has 0 amide bonds. The van der Waals surface area contributed by atoms with Gasteiger partial charge >= 0.3 is 0 Å². The zero-order valence-corrected chi connectivity index (χ0v) is 31.8. The second kappa shape index (κ2) is 13.5. The molecule has 0 saturated heterocycles. The highest BCUT2D eigenvalue weighted by atomic mass is 15.1. The van der Waals surface area contributed by atoms with Crippen molar-refractivity contribution in [3.05, 3.63) is 226 Å². The van der Waals surface area contributed by atoms with E-state index in [-0.39, 0.29) is 0 Å². The van der Waals surface area contributed by atoms with E-state index in [2.05, 4.69) is 218 Å². The van der Waals surface area contributed by atoms with Gasteiger partial charge in [0, 0.05) is 17.9 Å². The van der Waals surface area contributed by atoms with E-state index in [1.807, 2.05) is 0 Å². The maximum atomic E-state index is 2.46. The van der Waals surface area contributed by atoms with Crippen molar-refractivity contribution in [2.75, 3.05) is 11.4 Å². The standard InChI is InChI=1S/C56H39N/c1-2-57-55-31-27-37(35-53-49-23-11-7-19-45(49)41-15-3-4-16-42(41)46-20-8-12-24-50(46)53)33-39(55)29-30-40-34-38(28-32-56(40)57)36-54-51-25-13-9-21-47(51)43-17-5-6-18-44(43)48-22-10-14-26-52(48)54/h3-36H,2H2,1H3. The first-order valence-corrected chi connectivity index (χ1v) is 20.0. The van der Waals surface area contributed by atoms with Gasteiger partial charge in [-0.15, -0.1) is 0 Å². The SMILES string of the molecule is CCN1c2ccc(C=C3c4ccccc4-c4ccccc4-c4ccccc43)cc2C=Cc2cc(C=C3c4ccccc4-c4ccccc4-c4ccccc43)ccc21. The van der Waals surface area contributed by atoms with E-state index in [9.17, 15) is 0 Å². The van der Waals surface area contributed by atoms with Gasteiger partial charge in [0.25, 0.3) is 0 Å². The maximum absolute atomic E-state index is 2.46. The topological polar surface area (TPSA) is 3.24 Å². The Morgan fingerprint density at radius 3 is 0.877 bits per heavy atom. The molecule has 8 aromatic rings. The van der Waals surface area contributed by atoms with Crippen molar-refractivity contribution >= 4 is 46.8 Å². The van der Waals surface area contributed by atoms with Crippen LogP contribution in [-0.2, 0) is 0 Å². The molecule has 268 valence electrons. The van der Waals surface area contributed by atoms with Crippen LogP contribution in [0.3, 0.4) is 0 Å². The highest BCUT2D eigenvalue weighted by molar-refractivity contribution is 6.08. The number of fused-ring (bicyclic) bond motifs is 12. The smallest absolute Gasteiger partial charge is 0.0484 e. The van der Waals surface area contributed by atoms with Crippen LogP contribution in [0.2, 0.25) is 0 Å². The van der Waals surface area contributed by atoms with Crippen LogP contribution >= 0.6 is 0 Å². The molecule has 0 bridgehead atoms. The van der Waals surface area contributed by atoms with Gasteiger partial charge in [0.1, 0.15) is 0 Å². The zero-order valence-electron chi connectivity index (χ0n) is 31.8. The quantitative estimate of drug-likeness (QED) is 0.175. The molecular weight excluding hydrogens is 687 g/mol. The summed E-state index contributed by atoms with van der Waals surface area (Å²) in [6.07, 6.45) is 9.38. The summed E-state index contributed by atoms with van der Waals surface area (Å²) in [4.78, 5) is 2.46. The molecule has 11 rings (SSSR count). The fourth-order valence-corrected chi connectivity index (χ4v) is 9.39. The Kier molecular flexibility index (Phi) is 7.86. The summed E-state index contributed by atoms with van der Waals surface area (Å²) < 4.78 is 0. The van der Waals surface area contributed by atoms with Gasteiger partial charge in [0.2, 0.25) is 0 Å². The van der Waals surface area contributed by atoms with Crippen LogP contribution in [0.1, 0.15) is 51.4 Å². The van der Waals surface area contributed by atoms with Crippen LogP contribution in [0.25, 0.3) is 80.0 Å². The summed E-state index contributed by atoms with van der Waals surface area (Å²) in [5.74, 6) is 0. The van der Waals surface area contributed by atoms with Gasteiger partial charge in [-0.2, -0.15) is 0 Å². The number of anilines is 2. The normalized spacial score (nSPS) is 12.9. The predicted molar refractivity (Wildman–Crippen MR) is 243 cm³/mol. The molecule has 0 radical (unpaired) electrons. The van der Waals surface area contributed by atoms with Crippen molar-refractivity contribution in [1.82, 2.24) is 0 Å². The Morgan fingerprint density at radius 1 is 0.333 bits per heavy atom. The zero-order chi connectivity index (χ0) is 37.9. The van der Waals surface area contributed by atoms with Crippen molar-refractivity contribution in [2.24, 2.45) is 0 Å². The molecule has 1 aliphatic heterocycles. The highest BCUT2D eigenvalue weighted by Crippen LogP contribution is 2.48. The van der Waals surface area contributed by atoms with E-state index in [4.69, 9.17) is 0 Å². The molecule has 2 aliphatic carbocycles. The fraction of sp³-hybridized carbons (Fsp3) is 0.0357. The largest absolute Gasteiger partial charge is 0.341 e. The summed E-state index contributed by atoms with van der Waals surface area (Å²) >= 11 is 0. The fourth-order valence-electron chi connectivity index (χ4n) is 9.39. The summed E-state index contributed by atoms with van der Waals surface area (Å²) in [6, 6.07) is 67.0. The molecular formula is C56H39N. The Labute approximate surface area is 334 Å². The van der Waals surface area contributed by atoms with Gasteiger partial charge in [-0.1, -0.05) is 170 Å². The van der Waals surface area contributed by atoms with E-state index in [1.54, 1.807) is 0 Å². The Balaban J connectivity index is 1.02. The first-order valence-electron chi connectivity index (χ1n) is 20.0. The summed E-state index contributed by atoms with van der Waals surface area (Å²) in [5.41, 5.74) is 24.9. The second-order valence-corrected chi connectivity index (χ2v) is 15.1. The molecule has 3 aliphatic rings. The van der Waals surface area contributed by atoms with E-state index in [0.29, 0.717) is 0 Å². The van der Waals surface area contributed by atoms with Crippen LogP contribution in [0.4, 0.5) is 11.4 Å². The van der Waals surface area contributed by atoms with E-state index in [1.165, 1.54) is 112 Å². The van der Waals surface area contributed by atoms with E-state index < -0.39 is 0 Å². The number of hydrogen-bond donors (Lipinski definition) is 0. The molecule has 0 aromatic heterocycles. The molecule has 57 heavy (non-hydrogen) atoms. The third-order valence-corrected chi connectivity index (χ3v) is 11.9. The molecule has 1 heterocycles. The van der Waals surface area contributed by atoms with Crippen LogP contribution in [-0.4, -0.2) is 6.54 Å². The summed E-state index contributed by atoms with van der Waals surface area (Å²) in [6.45, 7) is 3.11. The van der Waals surface area contributed by atoms with Crippen LogP contribution < -0.4 is 4.90 Å². The lowest BCUT2D eigenvalue weighted by atomic mass is 9.91. The van der Waals surface area contributed by atoms with Gasteiger partial charge in [-0.3, -0.25) is 0 Å². The van der Waals surface area contributed by atoms with Crippen molar-refractivity contribution in [3.8, 4) is 44.5 Å². The molecule has 0 unspecified atom stereocenters. The molecule has 0 fully saturated rings. The minimum atomic E-state index is 0.862. The van der Waals surface area contributed by atoms with Gasteiger partial charge in [-0.05, 0) is 144 Å². The summed E-state index contributed by atoms with van der Waals surface area (Å²) in [7, 11) is 0. The number of nitrogens with zero attached hydrogens (tertiary/aromatic N) is 1. The van der Waals surface area contributed by atoms with Crippen molar-refractivity contribution in [2.45, 2.75) is 6.92 Å². The minimum Gasteiger partial charge on any atom is -0.341 e.